The highest BCUT2D eigenvalue weighted by molar-refractivity contribution is 7.92. The molecule has 1 N–H and O–H groups in total. The quantitative estimate of drug-likeness (QED) is 0.231. The first-order valence-corrected chi connectivity index (χ1v) is 16.0. The second kappa shape index (κ2) is 15.4. The Morgan fingerprint density at radius 1 is 0.905 bits per heavy atom. The van der Waals surface area contributed by atoms with Gasteiger partial charge in [-0.3, -0.25) is 13.9 Å². The van der Waals surface area contributed by atoms with Crippen LogP contribution in [0.3, 0.4) is 0 Å². The van der Waals surface area contributed by atoms with Gasteiger partial charge in [0.25, 0.3) is 10.0 Å². The molecule has 0 saturated heterocycles. The van der Waals surface area contributed by atoms with Crippen LogP contribution in [0, 0.1) is 13.8 Å². The van der Waals surface area contributed by atoms with E-state index in [-0.39, 0.29) is 17.3 Å². The molecule has 0 aliphatic rings. The molecule has 9 heteroatoms. The molecule has 1 atom stereocenters. The lowest BCUT2D eigenvalue weighted by Gasteiger charge is -2.33. The van der Waals surface area contributed by atoms with E-state index in [9.17, 15) is 18.0 Å². The highest BCUT2D eigenvalue weighted by atomic mass is 32.2. The number of carbonyl (C=O) groups excluding carboxylic acids is 2. The maximum Gasteiger partial charge on any atom is 0.264 e. The number of ether oxygens (including phenoxy) is 1. The molecule has 0 aliphatic carbocycles. The van der Waals surface area contributed by atoms with Gasteiger partial charge in [-0.1, -0.05) is 62.2 Å². The molecular weight excluding hydrogens is 550 g/mol. The number of hydrogen-bond acceptors (Lipinski definition) is 5. The van der Waals surface area contributed by atoms with Gasteiger partial charge in [-0.05, 0) is 81.1 Å². The monoisotopic (exact) mass is 593 g/mol. The van der Waals surface area contributed by atoms with Crippen LogP contribution in [-0.4, -0.2) is 50.9 Å². The van der Waals surface area contributed by atoms with Crippen LogP contribution >= 0.6 is 0 Å². The van der Waals surface area contributed by atoms with Crippen molar-refractivity contribution in [3.8, 4) is 5.75 Å². The van der Waals surface area contributed by atoms with Gasteiger partial charge in [0.1, 0.15) is 18.3 Å². The lowest BCUT2D eigenvalue weighted by molar-refractivity contribution is -0.140. The summed E-state index contributed by atoms with van der Waals surface area (Å²) in [5.74, 6) is -0.126. The van der Waals surface area contributed by atoms with Crippen LogP contribution in [0.1, 0.15) is 56.7 Å². The Hall–Kier alpha value is -3.85. The van der Waals surface area contributed by atoms with Gasteiger partial charge >= 0.3 is 0 Å². The molecule has 8 nitrogen and oxygen atoms in total. The summed E-state index contributed by atoms with van der Waals surface area (Å²) >= 11 is 0. The van der Waals surface area contributed by atoms with Crippen molar-refractivity contribution < 1.29 is 22.7 Å². The van der Waals surface area contributed by atoms with Crippen LogP contribution in [0.15, 0.2) is 77.7 Å². The molecule has 3 aromatic rings. The summed E-state index contributed by atoms with van der Waals surface area (Å²) in [7, 11) is -4.13. The third-order valence-corrected chi connectivity index (χ3v) is 8.93. The van der Waals surface area contributed by atoms with Crippen LogP contribution in [0.5, 0.6) is 5.75 Å². The maximum absolute atomic E-state index is 14.2. The van der Waals surface area contributed by atoms with Crippen molar-refractivity contribution in [2.45, 2.75) is 71.4 Å². The van der Waals surface area contributed by atoms with Crippen LogP contribution in [0.2, 0.25) is 0 Å². The Morgan fingerprint density at radius 3 is 2.17 bits per heavy atom. The zero-order valence-corrected chi connectivity index (χ0v) is 26.1. The Kier molecular flexibility index (Phi) is 12.0. The van der Waals surface area contributed by atoms with E-state index >= 15 is 0 Å². The Bertz CT molecular complexity index is 1420. The molecule has 0 saturated carbocycles. The predicted molar refractivity (Wildman–Crippen MR) is 167 cm³/mol. The molecule has 0 heterocycles. The van der Waals surface area contributed by atoms with Crippen LogP contribution in [0.4, 0.5) is 5.69 Å². The van der Waals surface area contributed by atoms with Gasteiger partial charge in [0.15, 0.2) is 0 Å². The minimum absolute atomic E-state index is 0.0737. The number of benzene rings is 3. The van der Waals surface area contributed by atoms with E-state index in [2.05, 4.69) is 5.32 Å². The topological polar surface area (TPSA) is 96.0 Å². The summed E-state index contributed by atoms with van der Waals surface area (Å²) in [6.07, 6.45) is 2.13. The summed E-state index contributed by atoms with van der Waals surface area (Å²) in [4.78, 5) is 29.1. The molecule has 2 amide bonds. The van der Waals surface area contributed by atoms with Gasteiger partial charge in [0.05, 0.1) is 17.2 Å². The standard InChI is InChI=1S/C33H43N3O5S/c1-6-9-22-34-33(38)31(7-2)35(23-27-13-11-10-12-26(27)5)32(37)24-36(28-16-18-29(19-17-28)41-8-3)42(39,40)30-20-14-25(4)15-21-30/h10-21,31H,6-9,22-24H2,1-5H3,(H,34,38)/t31-/m1/s1. The Labute approximate surface area is 250 Å². The number of hydrogen-bond donors (Lipinski definition) is 1. The fourth-order valence-corrected chi connectivity index (χ4v) is 6.05. The average Bonchev–Trinajstić information content (AvgIpc) is 2.97. The van der Waals surface area contributed by atoms with Crippen molar-refractivity contribution in [1.29, 1.82) is 0 Å². The van der Waals surface area contributed by atoms with Crippen LogP contribution < -0.4 is 14.4 Å². The summed E-state index contributed by atoms with van der Waals surface area (Å²) in [6.45, 7) is 10.3. The molecule has 0 aliphatic heterocycles. The first kappa shape index (κ1) is 32.7. The summed E-state index contributed by atoms with van der Waals surface area (Å²) in [5.41, 5.74) is 3.11. The Morgan fingerprint density at radius 2 is 1.57 bits per heavy atom. The molecule has 0 spiro atoms. The number of carbonyl (C=O) groups is 2. The third-order valence-electron chi connectivity index (χ3n) is 7.14. The molecule has 226 valence electrons. The van der Waals surface area contributed by atoms with E-state index in [1.165, 1.54) is 17.0 Å². The van der Waals surface area contributed by atoms with E-state index in [1.807, 2.05) is 58.9 Å². The number of aryl methyl sites for hydroxylation is 2. The molecule has 0 aromatic heterocycles. The Balaban J connectivity index is 2.05. The smallest absolute Gasteiger partial charge is 0.264 e. The van der Waals surface area contributed by atoms with Crippen LogP contribution in [0.25, 0.3) is 0 Å². The summed E-state index contributed by atoms with van der Waals surface area (Å²) in [5, 5.41) is 2.96. The van der Waals surface area contributed by atoms with Gasteiger partial charge in [0, 0.05) is 13.1 Å². The predicted octanol–water partition coefficient (Wildman–Crippen LogP) is 5.62. The number of nitrogens with one attached hydrogen (secondary N) is 1. The maximum atomic E-state index is 14.2. The summed E-state index contributed by atoms with van der Waals surface area (Å²) < 4.78 is 34.7. The lowest BCUT2D eigenvalue weighted by Crippen LogP contribution is -2.52. The van der Waals surface area contributed by atoms with Gasteiger partial charge in [0.2, 0.25) is 11.8 Å². The normalized spacial score (nSPS) is 11.9. The van der Waals surface area contributed by atoms with Crippen LogP contribution in [-0.2, 0) is 26.2 Å². The van der Waals surface area contributed by atoms with Gasteiger partial charge in [-0.25, -0.2) is 8.42 Å². The third kappa shape index (κ3) is 8.35. The van der Waals surface area contributed by atoms with Crippen molar-refractivity contribution in [2.24, 2.45) is 0 Å². The van der Waals surface area contributed by atoms with Crippen molar-refractivity contribution in [3.63, 3.8) is 0 Å². The molecular formula is C33H43N3O5S. The van der Waals surface area contributed by atoms with E-state index in [0.29, 0.717) is 31.0 Å². The van der Waals surface area contributed by atoms with Crippen molar-refractivity contribution >= 4 is 27.5 Å². The fraction of sp³-hybridized carbons (Fsp3) is 0.394. The zero-order valence-electron chi connectivity index (χ0n) is 25.3. The van der Waals surface area contributed by atoms with Gasteiger partial charge in [-0.2, -0.15) is 0 Å². The number of nitrogens with zero attached hydrogens (tertiary/aromatic N) is 2. The number of rotatable bonds is 15. The van der Waals surface area contributed by atoms with E-state index in [0.717, 1.165) is 33.8 Å². The highest BCUT2D eigenvalue weighted by Crippen LogP contribution is 2.27. The minimum Gasteiger partial charge on any atom is -0.494 e. The number of unbranched alkanes of at least 4 members (excludes halogenated alkanes) is 1. The molecule has 3 rings (SSSR count). The van der Waals surface area contributed by atoms with Crippen molar-refractivity contribution in [3.05, 3.63) is 89.5 Å². The zero-order chi connectivity index (χ0) is 30.7. The summed E-state index contributed by atoms with van der Waals surface area (Å²) in [6, 6.07) is 20.1. The molecule has 0 bridgehead atoms. The van der Waals surface area contributed by atoms with E-state index in [4.69, 9.17) is 4.74 Å². The van der Waals surface area contributed by atoms with Gasteiger partial charge < -0.3 is 15.0 Å². The molecule has 3 aromatic carbocycles. The van der Waals surface area contributed by atoms with Gasteiger partial charge in [-0.15, -0.1) is 0 Å². The minimum atomic E-state index is -4.13. The molecule has 42 heavy (non-hydrogen) atoms. The average molecular weight is 594 g/mol. The second-order valence-electron chi connectivity index (χ2n) is 10.3. The number of anilines is 1. The second-order valence-corrected chi connectivity index (χ2v) is 12.1. The first-order valence-electron chi connectivity index (χ1n) is 14.6. The van der Waals surface area contributed by atoms with Crippen molar-refractivity contribution in [1.82, 2.24) is 10.2 Å². The number of sulfonamides is 1. The van der Waals surface area contributed by atoms with Crippen molar-refractivity contribution in [2.75, 3.05) is 24.0 Å². The SMILES string of the molecule is CCCCNC(=O)[C@@H](CC)N(Cc1ccccc1C)C(=O)CN(c1ccc(OCC)cc1)S(=O)(=O)c1ccc(C)cc1. The lowest BCUT2D eigenvalue weighted by atomic mass is 10.1. The fourth-order valence-electron chi connectivity index (χ4n) is 4.64. The molecule has 0 fully saturated rings. The molecule has 0 radical (unpaired) electrons. The first-order chi connectivity index (χ1) is 20.1. The highest BCUT2D eigenvalue weighted by Gasteiger charge is 2.33. The van der Waals surface area contributed by atoms with E-state index in [1.54, 1.807) is 36.4 Å². The van der Waals surface area contributed by atoms with E-state index < -0.39 is 28.5 Å². The number of amides is 2. The largest absolute Gasteiger partial charge is 0.494 e. The molecule has 0 unspecified atom stereocenters.